The predicted molar refractivity (Wildman–Crippen MR) is 80.9 cm³/mol. The fourth-order valence-corrected chi connectivity index (χ4v) is 2.78. The minimum atomic E-state index is 0.740. The molecule has 1 aliphatic carbocycles. The Hall–Kier alpha value is -1.60. The SMILES string of the molecule is CC1CC(NCc2ccc(-c3ccccc3)cc2)C1. The molecule has 2 aromatic rings. The molecule has 0 amide bonds. The second-order valence-corrected chi connectivity index (χ2v) is 5.72. The van der Waals surface area contributed by atoms with Crippen LogP contribution in [0.4, 0.5) is 0 Å². The minimum Gasteiger partial charge on any atom is -0.310 e. The van der Waals surface area contributed by atoms with Gasteiger partial charge in [-0.2, -0.15) is 0 Å². The van der Waals surface area contributed by atoms with Gasteiger partial charge in [0.1, 0.15) is 0 Å². The largest absolute Gasteiger partial charge is 0.310 e. The third kappa shape index (κ3) is 3.05. The van der Waals surface area contributed by atoms with Gasteiger partial charge < -0.3 is 5.32 Å². The topological polar surface area (TPSA) is 12.0 Å². The van der Waals surface area contributed by atoms with E-state index in [1.807, 2.05) is 0 Å². The van der Waals surface area contributed by atoms with E-state index in [1.54, 1.807) is 0 Å². The summed E-state index contributed by atoms with van der Waals surface area (Å²) in [6.45, 7) is 3.32. The third-order valence-electron chi connectivity index (χ3n) is 4.03. The van der Waals surface area contributed by atoms with Crippen molar-refractivity contribution in [3.05, 3.63) is 60.2 Å². The second kappa shape index (κ2) is 5.58. The summed E-state index contributed by atoms with van der Waals surface area (Å²) in [5.74, 6) is 0.915. The Morgan fingerprint density at radius 2 is 1.53 bits per heavy atom. The van der Waals surface area contributed by atoms with Crippen LogP contribution in [0.1, 0.15) is 25.3 Å². The summed E-state index contributed by atoms with van der Waals surface area (Å²) in [5.41, 5.74) is 3.95. The van der Waals surface area contributed by atoms with Crippen LogP contribution in [0.3, 0.4) is 0 Å². The summed E-state index contributed by atoms with van der Waals surface area (Å²) in [6, 6.07) is 20.2. The van der Waals surface area contributed by atoms with Gasteiger partial charge in [0.2, 0.25) is 0 Å². The number of hydrogen-bond donors (Lipinski definition) is 1. The van der Waals surface area contributed by atoms with Gasteiger partial charge in [-0.25, -0.2) is 0 Å². The van der Waals surface area contributed by atoms with Crippen LogP contribution in [-0.2, 0) is 6.54 Å². The van der Waals surface area contributed by atoms with Crippen LogP contribution in [0, 0.1) is 5.92 Å². The standard InChI is InChI=1S/C18H21N/c1-14-11-18(12-14)19-13-15-7-9-17(10-8-15)16-5-3-2-4-6-16/h2-10,14,18-19H,11-13H2,1H3. The molecule has 0 saturated heterocycles. The summed E-state index contributed by atoms with van der Waals surface area (Å²) in [5, 5.41) is 3.63. The summed E-state index contributed by atoms with van der Waals surface area (Å²) in [4.78, 5) is 0. The quantitative estimate of drug-likeness (QED) is 0.857. The number of hydrogen-bond acceptors (Lipinski definition) is 1. The molecule has 1 N–H and O–H groups in total. The minimum absolute atomic E-state index is 0.740. The van der Waals surface area contributed by atoms with Crippen LogP contribution in [-0.4, -0.2) is 6.04 Å². The van der Waals surface area contributed by atoms with Crippen LogP contribution < -0.4 is 5.32 Å². The van der Waals surface area contributed by atoms with Crippen molar-refractivity contribution in [2.24, 2.45) is 5.92 Å². The predicted octanol–water partition coefficient (Wildman–Crippen LogP) is 4.24. The van der Waals surface area contributed by atoms with Gasteiger partial charge >= 0.3 is 0 Å². The van der Waals surface area contributed by atoms with Gasteiger partial charge in [-0.3, -0.25) is 0 Å². The lowest BCUT2D eigenvalue weighted by Gasteiger charge is -2.33. The first-order chi connectivity index (χ1) is 9.31. The van der Waals surface area contributed by atoms with E-state index >= 15 is 0 Å². The van der Waals surface area contributed by atoms with Crippen LogP contribution >= 0.6 is 0 Å². The van der Waals surface area contributed by atoms with Crippen molar-refractivity contribution in [3.8, 4) is 11.1 Å². The van der Waals surface area contributed by atoms with Gasteiger partial charge in [0.25, 0.3) is 0 Å². The van der Waals surface area contributed by atoms with Crippen LogP contribution in [0.15, 0.2) is 54.6 Å². The molecule has 0 spiro atoms. The van der Waals surface area contributed by atoms with E-state index in [0.29, 0.717) is 0 Å². The van der Waals surface area contributed by atoms with Crippen molar-refractivity contribution >= 4 is 0 Å². The maximum Gasteiger partial charge on any atom is 0.0208 e. The van der Waals surface area contributed by atoms with Gasteiger partial charge in [0, 0.05) is 12.6 Å². The van der Waals surface area contributed by atoms with Gasteiger partial charge in [0.05, 0.1) is 0 Å². The molecule has 0 aliphatic heterocycles. The monoisotopic (exact) mass is 251 g/mol. The van der Waals surface area contributed by atoms with Gasteiger partial charge in [-0.05, 0) is 35.4 Å². The first-order valence-electron chi connectivity index (χ1n) is 7.19. The van der Waals surface area contributed by atoms with Crippen molar-refractivity contribution in [3.63, 3.8) is 0 Å². The maximum absolute atomic E-state index is 3.63. The van der Waals surface area contributed by atoms with E-state index in [-0.39, 0.29) is 0 Å². The molecule has 1 nitrogen and oxygen atoms in total. The average Bonchev–Trinajstić information content (AvgIpc) is 2.44. The van der Waals surface area contributed by atoms with E-state index in [2.05, 4.69) is 66.8 Å². The first kappa shape index (κ1) is 12.4. The van der Waals surface area contributed by atoms with E-state index in [1.165, 1.54) is 29.5 Å². The molecular formula is C18H21N. The summed E-state index contributed by atoms with van der Waals surface area (Å²) in [7, 11) is 0. The molecule has 1 aliphatic rings. The molecule has 0 aromatic heterocycles. The van der Waals surface area contributed by atoms with Gasteiger partial charge in [-0.1, -0.05) is 61.5 Å². The van der Waals surface area contributed by atoms with Gasteiger partial charge in [-0.15, -0.1) is 0 Å². The highest BCUT2D eigenvalue weighted by Crippen LogP contribution is 2.26. The molecule has 1 heteroatoms. The molecule has 1 saturated carbocycles. The lowest BCUT2D eigenvalue weighted by Crippen LogP contribution is -2.39. The summed E-state index contributed by atoms with van der Waals surface area (Å²) < 4.78 is 0. The van der Waals surface area contributed by atoms with Crippen molar-refractivity contribution in [2.75, 3.05) is 0 Å². The van der Waals surface area contributed by atoms with Gasteiger partial charge in [0.15, 0.2) is 0 Å². The Labute approximate surface area is 115 Å². The zero-order valence-electron chi connectivity index (χ0n) is 11.5. The van der Waals surface area contributed by atoms with E-state index in [0.717, 1.165) is 18.5 Å². The lowest BCUT2D eigenvalue weighted by atomic mass is 9.82. The Balaban J connectivity index is 1.60. The molecule has 0 heterocycles. The molecule has 98 valence electrons. The Morgan fingerprint density at radius 1 is 0.895 bits per heavy atom. The summed E-state index contributed by atoms with van der Waals surface area (Å²) >= 11 is 0. The van der Waals surface area contributed by atoms with Crippen LogP contribution in [0.25, 0.3) is 11.1 Å². The molecule has 0 atom stereocenters. The molecule has 2 aromatic carbocycles. The molecule has 1 fully saturated rings. The average molecular weight is 251 g/mol. The van der Waals surface area contributed by atoms with E-state index < -0.39 is 0 Å². The van der Waals surface area contributed by atoms with Crippen LogP contribution in [0.5, 0.6) is 0 Å². The normalized spacial score (nSPS) is 21.9. The third-order valence-corrected chi connectivity index (χ3v) is 4.03. The molecule has 0 bridgehead atoms. The highest BCUT2D eigenvalue weighted by molar-refractivity contribution is 5.63. The Morgan fingerprint density at radius 3 is 2.16 bits per heavy atom. The fourth-order valence-electron chi connectivity index (χ4n) is 2.78. The molecule has 0 radical (unpaired) electrons. The number of rotatable bonds is 4. The van der Waals surface area contributed by atoms with E-state index in [4.69, 9.17) is 0 Å². The smallest absolute Gasteiger partial charge is 0.0208 e. The molecule has 0 unspecified atom stereocenters. The molecule has 3 rings (SSSR count). The fraction of sp³-hybridized carbons (Fsp3) is 0.333. The number of nitrogens with one attached hydrogen (secondary N) is 1. The van der Waals surface area contributed by atoms with Crippen LogP contribution in [0.2, 0.25) is 0 Å². The Bertz CT molecular complexity index is 509. The first-order valence-corrected chi connectivity index (χ1v) is 7.19. The Kier molecular flexibility index (Phi) is 3.65. The highest BCUT2D eigenvalue weighted by Gasteiger charge is 2.24. The van der Waals surface area contributed by atoms with E-state index in [9.17, 15) is 0 Å². The lowest BCUT2D eigenvalue weighted by molar-refractivity contribution is 0.240. The van der Waals surface area contributed by atoms with Crippen molar-refractivity contribution < 1.29 is 0 Å². The number of benzene rings is 2. The maximum atomic E-state index is 3.63. The summed E-state index contributed by atoms with van der Waals surface area (Å²) in [6.07, 6.45) is 2.67. The molecular weight excluding hydrogens is 230 g/mol. The second-order valence-electron chi connectivity index (χ2n) is 5.72. The van der Waals surface area contributed by atoms with Crippen molar-refractivity contribution in [1.82, 2.24) is 5.32 Å². The zero-order valence-corrected chi connectivity index (χ0v) is 11.5. The molecule has 19 heavy (non-hydrogen) atoms. The van der Waals surface area contributed by atoms with Crippen molar-refractivity contribution in [2.45, 2.75) is 32.4 Å². The van der Waals surface area contributed by atoms with Crippen molar-refractivity contribution in [1.29, 1.82) is 0 Å². The zero-order chi connectivity index (χ0) is 13.1. The highest BCUT2D eigenvalue weighted by atomic mass is 14.9.